The summed E-state index contributed by atoms with van der Waals surface area (Å²) in [6.45, 7) is 19.5. The van der Waals surface area contributed by atoms with Gasteiger partial charge in [0.1, 0.15) is 0 Å². The third-order valence-electron chi connectivity index (χ3n) is 3.94. The van der Waals surface area contributed by atoms with E-state index in [2.05, 4.69) is 79.8 Å². The summed E-state index contributed by atoms with van der Waals surface area (Å²) in [5, 5.41) is 0. The second-order valence-electron chi connectivity index (χ2n) is 5.73. The number of hydrogen-bond donors (Lipinski definition) is 0. The summed E-state index contributed by atoms with van der Waals surface area (Å²) in [4.78, 5) is 0. The van der Waals surface area contributed by atoms with Crippen LogP contribution in [0.15, 0.2) is 18.2 Å². The Bertz CT molecular complexity index is 498. The summed E-state index contributed by atoms with van der Waals surface area (Å²) < 4.78 is 0. The van der Waals surface area contributed by atoms with Crippen molar-refractivity contribution in [2.45, 2.75) is 61.6 Å². The van der Waals surface area contributed by atoms with E-state index < -0.39 is 20.8 Å². The van der Waals surface area contributed by atoms with Crippen LogP contribution in [0.5, 0.6) is 0 Å². The topological polar surface area (TPSA) is 0 Å². The molecule has 1 radical (unpaired) electrons. The van der Waals surface area contributed by atoms with Crippen LogP contribution in [0.2, 0.25) is 13.1 Å². The first-order valence-corrected chi connectivity index (χ1v) is 16.4. The first kappa shape index (κ1) is 25.6. The van der Waals surface area contributed by atoms with Crippen molar-refractivity contribution in [3.63, 3.8) is 0 Å². The molecule has 0 fully saturated rings. The second-order valence-corrected chi connectivity index (χ2v) is 10.6. The van der Waals surface area contributed by atoms with Gasteiger partial charge in [0.25, 0.3) is 0 Å². The molecule has 2 rings (SSSR count). The molecule has 0 saturated heterocycles. The van der Waals surface area contributed by atoms with Gasteiger partial charge in [-0.1, -0.05) is 61.6 Å². The van der Waals surface area contributed by atoms with Crippen molar-refractivity contribution in [1.29, 1.82) is 0 Å². The molecule has 0 bridgehead atoms. The van der Waals surface area contributed by atoms with Crippen LogP contribution in [0, 0.1) is 48.5 Å². The van der Waals surface area contributed by atoms with Gasteiger partial charge < -0.3 is 0 Å². The van der Waals surface area contributed by atoms with Crippen molar-refractivity contribution in [2.24, 2.45) is 0 Å². The Morgan fingerprint density at radius 1 is 0.870 bits per heavy atom. The number of halogens is 2. The van der Waals surface area contributed by atoms with Gasteiger partial charge in [0.05, 0.1) is 0 Å². The number of aryl methyl sites for hydroxylation is 4. The van der Waals surface area contributed by atoms with Crippen LogP contribution >= 0.6 is 17.0 Å². The van der Waals surface area contributed by atoms with Crippen LogP contribution in [0.1, 0.15) is 38.9 Å². The van der Waals surface area contributed by atoms with Crippen molar-refractivity contribution >= 4 is 26.5 Å². The maximum absolute atomic E-state index is 4.93. The molecule has 23 heavy (non-hydrogen) atoms. The number of rotatable bonds is 0. The van der Waals surface area contributed by atoms with E-state index in [1.807, 2.05) is 0 Å². The van der Waals surface area contributed by atoms with E-state index in [9.17, 15) is 0 Å². The molecule has 0 N–H and O–H groups in total. The van der Waals surface area contributed by atoms with Crippen LogP contribution in [0.3, 0.4) is 0 Å². The Labute approximate surface area is 165 Å². The summed E-state index contributed by atoms with van der Waals surface area (Å²) in [5.74, 6) is 0. The fourth-order valence-electron chi connectivity index (χ4n) is 1.94. The SMILES string of the molecule is C[SiH]C.Cc1c[c-](C)c(C)c1C.Cc1cc[c-](C)c1C.[Cl][Zr+2][Cl]. The Morgan fingerprint density at radius 2 is 1.30 bits per heavy atom. The van der Waals surface area contributed by atoms with Crippen molar-refractivity contribution in [3.05, 3.63) is 57.1 Å². The summed E-state index contributed by atoms with van der Waals surface area (Å²) in [6, 6.07) is 6.56. The van der Waals surface area contributed by atoms with Crippen LogP contribution in [0.4, 0.5) is 0 Å². The monoisotopic (exact) mass is 447 g/mol. The van der Waals surface area contributed by atoms with E-state index in [0.717, 1.165) is 9.52 Å². The van der Waals surface area contributed by atoms with E-state index in [1.165, 1.54) is 38.9 Å². The first-order chi connectivity index (χ1) is 10.7. The van der Waals surface area contributed by atoms with Gasteiger partial charge in [-0.3, -0.25) is 0 Å². The van der Waals surface area contributed by atoms with Gasteiger partial charge in [-0.15, -0.1) is 0 Å². The van der Waals surface area contributed by atoms with Crippen molar-refractivity contribution in [2.75, 3.05) is 0 Å². The van der Waals surface area contributed by atoms with E-state index in [4.69, 9.17) is 17.0 Å². The van der Waals surface area contributed by atoms with Gasteiger partial charge in [0, 0.05) is 9.52 Å². The fraction of sp³-hybridized carbons (Fsp3) is 0.474. The molecule has 0 aliphatic rings. The predicted octanol–water partition coefficient (Wildman–Crippen LogP) is 6.87. The van der Waals surface area contributed by atoms with Gasteiger partial charge >= 0.3 is 37.9 Å². The second kappa shape index (κ2) is 14.7. The molecule has 0 atom stereocenters. The normalized spacial score (nSPS) is 8.65. The average molecular weight is 450 g/mol. The van der Waals surface area contributed by atoms with Gasteiger partial charge in [0.2, 0.25) is 0 Å². The molecule has 2 aromatic rings. The number of hydrogen-bond acceptors (Lipinski definition) is 0. The Morgan fingerprint density at radius 3 is 1.39 bits per heavy atom. The molecule has 0 spiro atoms. The fourth-order valence-corrected chi connectivity index (χ4v) is 1.94. The Hall–Kier alpha value is 0.380. The first-order valence-electron chi connectivity index (χ1n) is 7.77. The van der Waals surface area contributed by atoms with Crippen LogP contribution in [-0.2, 0) is 20.8 Å². The summed E-state index contributed by atoms with van der Waals surface area (Å²) in [7, 11) is 10.6. The maximum atomic E-state index is 4.93. The van der Waals surface area contributed by atoms with E-state index in [0.29, 0.717) is 0 Å². The van der Waals surface area contributed by atoms with Crippen LogP contribution in [-0.4, -0.2) is 9.52 Å². The zero-order valence-corrected chi connectivity index (χ0v) is 21.2. The minimum atomic E-state index is -0.826. The predicted molar refractivity (Wildman–Crippen MR) is 108 cm³/mol. The quantitative estimate of drug-likeness (QED) is 0.304. The van der Waals surface area contributed by atoms with Crippen molar-refractivity contribution in [1.82, 2.24) is 0 Å². The van der Waals surface area contributed by atoms with Crippen molar-refractivity contribution in [3.8, 4) is 0 Å². The van der Waals surface area contributed by atoms with E-state index in [-0.39, 0.29) is 0 Å². The molecule has 0 heterocycles. The molecule has 129 valence electrons. The zero-order chi connectivity index (χ0) is 18.6. The summed E-state index contributed by atoms with van der Waals surface area (Å²) in [6.07, 6.45) is 0. The molecule has 0 aliphatic carbocycles. The third kappa shape index (κ3) is 10.8. The van der Waals surface area contributed by atoms with Gasteiger partial charge in [-0.2, -0.15) is 51.1 Å². The van der Waals surface area contributed by atoms with E-state index in [1.54, 1.807) is 0 Å². The summed E-state index contributed by atoms with van der Waals surface area (Å²) in [5.41, 5.74) is 9.99. The van der Waals surface area contributed by atoms with Gasteiger partial charge in [-0.25, -0.2) is 6.07 Å². The van der Waals surface area contributed by atoms with E-state index >= 15 is 0 Å². The molecule has 4 heteroatoms. The molecule has 0 saturated carbocycles. The molecule has 2 aromatic carbocycles. The van der Waals surface area contributed by atoms with Crippen molar-refractivity contribution < 1.29 is 20.8 Å². The van der Waals surface area contributed by atoms with Gasteiger partial charge in [-0.05, 0) is 0 Å². The zero-order valence-electron chi connectivity index (χ0n) is 16.1. The molecular formula is C19H31Cl2SiZr. The van der Waals surface area contributed by atoms with Gasteiger partial charge in [0.15, 0.2) is 0 Å². The minimum absolute atomic E-state index is 0.750. The van der Waals surface area contributed by atoms with Crippen LogP contribution < -0.4 is 0 Å². The average Bonchev–Trinajstić information content (AvgIpc) is 2.89. The van der Waals surface area contributed by atoms with Crippen LogP contribution in [0.25, 0.3) is 0 Å². The molecular weight excluding hydrogens is 418 g/mol. The molecule has 0 unspecified atom stereocenters. The Kier molecular flexibility index (Phi) is 16.4. The summed E-state index contributed by atoms with van der Waals surface area (Å²) >= 11 is -0.826. The standard InChI is InChI=1S/C9H13.C8H11.C2H7Si.2ClH.Zr/c1-6-5-7(2)9(4)8(6)3;1-6-4-5-7(2)8(6)3;1-3-2;;;/h5H,1-4H3;4-5H,1-3H3;3H,1-2H3;2*1H;/q2*-1;;;;+4/p-2. The molecule has 0 aliphatic heterocycles. The third-order valence-corrected chi connectivity index (χ3v) is 3.94. The molecule has 0 nitrogen and oxygen atoms in total. The molecule has 0 amide bonds. The molecule has 0 aromatic heterocycles. The Balaban J connectivity index is 0.